The van der Waals surface area contributed by atoms with Crippen LogP contribution >= 0.6 is 0 Å². The number of aromatic nitrogens is 4. The van der Waals surface area contributed by atoms with Crippen LogP contribution in [0.5, 0.6) is 11.5 Å². The van der Waals surface area contributed by atoms with E-state index >= 15 is 0 Å². The molecular weight excluding hydrogens is 314 g/mol. The predicted octanol–water partition coefficient (Wildman–Crippen LogP) is 1.74. The van der Waals surface area contributed by atoms with Gasteiger partial charge < -0.3 is 13.9 Å². The molecule has 124 valence electrons. The summed E-state index contributed by atoms with van der Waals surface area (Å²) in [7, 11) is 4.77. The summed E-state index contributed by atoms with van der Waals surface area (Å²) < 4.78 is 17.3. The lowest BCUT2D eigenvalue weighted by Crippen LogP contribution is -2.13. The monoisotopic (exact) mass is 329 g/mol. The zero-order chi connectivity index (χ0) is 17.1. The Hall–Kier alpha value is -3.36. The third-order valence-corrected chi connectivity index (χ3v) is 3.23. The van der Waals surface area contributed by atoms with Crippen molar-refractivity contribution in [3.8, 4) is 23.1 Å². The van der Waals surface area contributed by atoms with Gasteiger partial charge >= 0.3 is 6.01 Å². The number of hydrogen-bond acceptors (Lipinski definition) is 7. The first-order chi connectivity index (χ1) is 11.6. The standard InChI is InChI=1S/C15H15N5O4/c1-20-7-6-11(19-20)14-17-18-15(24-14)16-13(21)10-8-9(22-2)4-5-12(10)23-3/h4-8H,1-3H3,(H,16,18,21). The lowest BCUT2D eigenvalue weighted by Gasteiger charge is -2.09. The molecule has 2 heterocycles. The Kier molecular flexibility index (Phi) is 4.15. The molecule has 0 aliphatic carbocycles. The number of aryl methyl sites for hydroxylation is 1. The lowest BCUT2D eigenvalue weighted by molar-refractivity contribution is 0.102. The second-order valence-corrected chi connectivity index (χ2v) is 4.81. The summed E-state index contributed by atoms with van der Waals surface area (Å²) in [5, 5.41) is 14.3. The molecule has 0 spiro atoms. The summed E-state index contributed by atoms with van der Waals surface area (Å²) in [6.45, 7) is 0. The van der Waals surface area contributed by atoms with Crippen molar-refractivity contribution in [3.05, 3.63) is 36.0 Å². The predicted molar refractivity (Wildman–Crippen MR) is 84.0 cm³/mol. The van der Waals surface area contributed by atoms with Crippen LogP contribution in [0.25, 0.3) is 11.6 Å². The van der Waals surface area contributed by atoms with Crippen molar-refractivity contribution in [3.63, 3.8) is 0 Å². The van der Waals surface area contributed by atoms with Crippen molar-refractivity contribution >= 4 is 11.9 Å². The highest BCUT2D eigenvalue weighted by Gasteiger charge is 2.18. The van der Waals surface area contributed by atoms with E-state index in [2.05, 4.69) is 20.6 Å². The molecule has 0 fully saturated rings. The van der Waals surface area contributed by atoms with Gasteiger partial charge in [-0.15, -0.1) is 5.10 Å². The first-order valence-electron chi connectivity index (χ1n) is 6.97. The first-order valence-corrected chi connectivity index (χ1v) is 6.97. The minimum Gasteiger partial charge on any atom is -0.497 e. The van der Waals surface area contributed by atoms with Crippen molar-refractivity contribution in [1.82, 2.24) is 20.0 Å². The summed E-state index contributed by atoms with van der Waals surface area (Å²) in [4.78, 5) is 12.4. The minimum atomic E-state index is -0.457. The van der Waals surface area contributed by atoms with Gasteiger partial charge in [0.1, 0.15) is 17.2 Å². The molecule has 0 saturated heterocycles. The largest absolute Gasteiger partial charge is 0.497 e. The SMILES string of the molecule is COc1ccc(OC)c(C(=O)Nc2nnc(-c3ccn(C)n3)o2)c1. The topological polar surface area (TPSA) is 104 Å². The summed E-state index contributed by atoms with van der Waals surface area (Å²) in [5.74, 6) is 0.684. The van der Waals surface area contributed by atoms with Gasteiger partial charge in [-0.3, -0.25) is 14.8 Å². The fourth-order valence-corrected chi connectivity index (χ4v) is 2.06. The van der Waals surface area contributed by atoms with Gasteiger partial charge in [-0.2, -0.15) is 5.10 Å². The number of carbonyl (C=O) groups excluding carboxylic acids is 1. The van der Waals surface area contributed by atoms with Crippen LogP contribution in [0.2, 0.25) is 0 Å². The Morgan fingerprint density at radius 1 is 1.21 bits per heavy atom. The molecule has 9 nitrogen and oxygen atoms in total. The molecule has 0 unspecified atom stereocenters. The van der Waals surface area contributed by atoms with Crippen LogP contribution in [0, 0.1) is 0 Å². The van der Waals surface area contributed by atoms with E-state index in [0.29, 0.717) is 17.2 Å². The normalized spacial score (nSPS) is 10.5. The molecule has 9 heteroatoms. The van der Waals surface area contributed by atoms with Gasteiger partial charge in [-0.05, 0) is 24.3 Å². The molecule has 0 atom stereocenters. The average Bonchev–Trinajstić information content (AvgIpc) is 3.23. The second kappa shape index (κ2) is 6.41. The van der Waals surface area contributed by atoms with Crippen LogP contribution in [0.3, 0.4) is 0 Å². The third kappa shape index (κ3) is 3.05. The zero-order valence-corrected chi connectivity index (χ0v) is 13.3. The number of ether oxygens (including phenoxy) is 2. The van der Waals surface area contributed by atoms with Crippen molar-refractivity contribution < 1.29 is 18.7 Å². The van der Waals surface area contributed by atoms with E-state index in [-0.39, 0.29) is 17.5 Å². The summed E-state index contributed by atoms with van der Waals surface area (Å²) in [6, 6.07) is 6.59. The molecule has 3 rings (SSSR count). The van der Waals surface area contributed by atoms with Crippen LogP contribution in [0.1, 0.15) is 10.4 Å². The Balaban J connectivity index is 1.81. The van der Waals surface area contributed by atoms with E-state index in [0.717, 1.165) is 0 Å². The highest BCUT2D eigenvalue weighted by molar-refractivity contribution is 6.05. The highest BCUT2D eigenvalue weighted by atomic mass is 16.5. The highest BCUT2D eigenvalue weighted by Crippen LogP contribution is 2.25. The average molecular weight is 329 g/mol. The van der Waals surface area contributed by atoms with Crippen molar-refractivity contribution in [1.29, 1.82) is 0 Å². The fraction of sp³-hybridized carbons (Fsp3) is 0.200. The smallest absolute Gasteiger partial charge is 0.322 e. The molecule has 0 radical (unpaired) electrons. The Labute approximate surface area is 137 Å². The van der Waals surface area contributed by atoms with Crippen LogP contribution < -0.4 is 14.8 Å². The van der Waals surface area contributed by atoms with E-state index in [1.807, 2.05) is 0 Å². The molecule has 1 aromatic carbocycles. The Morgan fingerprint density at radius 2 is 2.04 bits per heavy atom. The van der Waals surface area contributed by atoms with E-state index in [1.54, 1.807) is 42.2 Å². The third-order valence-electron chi connectivity index (χ3n) is 3.23. The number of nitrogens with one attached hydrogen (secondary N) is 1. The molecule has 0 bridgehead atoms. The molecule has 2 aromatic heterocycles. The first kappa shape index (κ1) is 15.5. The Bertz CT molecular complexity index is 870. The number of nitrogens with zero attached hydrogens (tertiary/aromatic N) is 4. The molecule has 1 amide bonds. The summed E-state index contributed by atoms with van der Waals surface area (Å²) in [5.41, 5.74) is 0.805. The molecule has 0 saturated carbocycles. The van der Waals surface area contributed by atoms with Crippen LogP contribution in [0.4, 0.5) is 6.01 Å². The lowest BCUT2D eigenvalue weighted by atomic mass is 10.1. The van der Waals surface area contributed by atoms with Crippen LogP contribution in [-0.2, 0) is 7.05 Å². The van der Waals surface area contributed by atoms with Crippen molar-refractivity contribution in [2.45, 2.75) is 0 Å². The molecule has 0 aliphatic rings. The van der Waals surface area contributed by atoms with Gasteiger partial charge in [0.05, 0.1) is 19.8 Å². The summed E-state index contributed by atoms with van der Waals surface area (Å²) in [6.07, 6.45) is 1.75. The number of amides is 1. The number of hydrogen-bond donors (Lipinski definition) is 1. The van der Waals surface area contributed by atoms with Gasteiger partial charge in [0.25, 0.3) is 11.8 Å². The van der Waals surface area contributed by atoms with E-state index < -0.39 is 5.91 Å². The zero-order valence-electron chi connectivity index (χ0n) is 13.3. The van der Waals surface area contributed by atoms with Crippen molar-refractivity contribution in [2.75, 3.05) is 19.5 Å². The minimum absolute atomic E-state index is 0.0365. The Morgan fingerprint density at radius 3 is 2.71 bits per heavy atom. The molecule has 3 aromatic rings. The van der Waals surface area contributed by atoms with Gasteiger partial charge in [-0.1, -0.05) is 5.10 Å². The van der Waals surface area contributed by atoms with E-state index in [1.165, 1.54) is 14.2 Å². The number of rotatable bonds is 5. The van der Waals surface area contributed by atoms with Gasteiger partial charge in [0.15, 0.2) is 0 Å². The van der Waals surface area contributed by atoms with Gasteiger partial charge in [0.2, 0.25) is 0 Å². The van der Waals surface area contributed by atoms with Gasteiger partial charge in [0, 0.05) is 13.2 Å². The molecular formula is C15H15N5O4. The van der Waals surface area contributed by atoms with E-state index in [9.17, 15) is 4.79 Å². The maximum atomic E-state index is 12.4. The quantitative estimate of drug-likeness (QED) is 0.760. The van der Waals surface area contributed by atoms with Crippen LogP contribution in [-0.4, -0.2) is 40.1 Å². The number of methoxy groups -OCH3 is 2. The molecule has 1 N–H and O–H groups in total. The maximum Gasteiger partial charge on any atom is 0.322 e. The molecule has 24 heavy (non-hydrogen) atoms. The number of benzene rings is 1. The van der Waals surface area contributed by atoms with Crippen LogP contribution in [0.15, 0.2) is 34.9 Å². The summed E-state index contributed by atoms with van der Waals surface area (Å²) >= 11 is 0. The maximum absolute atomic E-state index is 12.4. The number of carbonyl (C=O) groups is 1. The van der Waals surface area contributed by atoms with Gasteiger partial charge in [-0.25, -0.2) is 0 Å². The van der Waals surface area contributed by atoms with E-state index in [4.69, 9.17) is 13.9 Å². The second-order valence-electron chi connectivity index (χ2n) is 4.81. The van der Waals surface area contributed by atoms with Crippen molar-refractivity contribution in [2.24, 2.45) is 7.05 Å². The fourth-order valence-electron chi connectivity index (χ4n) is 2.06. The molecule has 0 aliphatic heterocycles. The number of anilines is 1.